The minimum absolute atomic E-state index is 0.161. The molecule has 0 fully saturated rings. The van der Waals surface area contributed by atoms with Gasteiger partial charge >= 0.3 is 0 Å². The molecule has 7 aromatic rings. The number of aromatic nitrogens is 4. The SMILES string of the molecule is CC1=C(C)C(C)(C)c2c1c1ccccc1c1c3ccccc3n(-c3nc(-c4ccccc4)nc(-c4ccccc4)n3)c21. The summed E-state index contributed by atoms with van der Waals surface area (Å²) >= 11 is 0. The molecule has 202 valence electrons. The number of allylic oxidation sites excluding steroid dienone is 2. The van der Waals surface area contributed by atoms with E-state index >= 15 is 0 Å². The molecule has 0 unspecified atom stereocenters. The maximum atomic E-state index is 5.19. The van der Waals surface area contributed by atoms with Gasteiger partial charge in [-0.05, 0) is 47.4 Å². The van der Waals surface area contributed by atoms with Crippen LogP contribution in [0.15, 0.2) is 115 Å². The highest BCUT2D eigenvalue weighted by molar-refractivity contribution is 6.25. The molecule has 1 aliphatic rings. The first kappa shape index (κ1) is 24.7. The Labute approximate surface area is 245 Å². The van der Waals surface area contributed by atoms with Gasteiger partial charge in [-0.15, -0.1) is 0 Å². The van der Waals surface area contributed by atoms with E-state index in [-0.39, 0.29) is 5.41 Å². The van der Waals surface area contributed by atoms with Gasteiger partial charge in [-0.3, -0.25) is 4.57 Å². The van der Waals surface area contributed by atoms with Crippen molar-refractivity contribution >= 4 is 38.2 Å². The first-order valence-electron chi connectivity index (χ1n) is 14.5. The van der Waals surface area contributed by atoms with Crippen LogP contribution in [0.2, 0.25) is 0 Å². The van der Waals surface area contributed by atoms with Crippen molar-refractivity contribution in [3.63, 3.8) is 0 Å². The van der Waals surface area contributed by atoms with Crippen LogP contribution in [0.1, 0.15) is 38.8 Å². The monoisotopic (exact) mass is 542 g/mol. The van der Waals surface area contributed by atoms with E-state index in [1.165, 1.54) is 49.3 Å². The van der Waals surface area contributed by atoms with Crippen LogP contribution < -0.4 is 0 Å². The maximum Gasteiger partial charge on any atom is 0.238 e. The molecule has 0 spiro atoms. The van der Waals surface area contributed by atoms with Gasteiger partial charge in [0, 0.05) is 27.3 Å². The molecule has 0 atom stereocenters. The zero-order valence-electron chi connectivity index (χ0n) is 24.2. The molecule has 5 aromatic carbocycles. The largest absolute Gasteiger partial charge is 0.277 e. The fourth-order valence-corrected chi connectivity index (χ4v) is 6.87. The van der Waals surface area contributed by atoms with Gasteiger partial charge in [0.25, 0.3) is 0 Å². The lowest BCUT2D eigenvalue weighted by molar-refractivity contribution is 0.642. The van der Waals surface area contributed by atoms with E-state index in [1.807, 2.05) is 36.4 Å². The van der Waals surface area contributed by atoms with E-state index in [2.05, 4.69) is 105 Å². The van der Waals surface area contributed by atoms with E-state index in [0.717, 1.165) is 16.6 Å². The third kappa shape index (κ3) is 3.38. The Morgan fingerprint density at radius 3 is 1.71 bits per heavy atom. The molecule has 4 heteroatoms. The summed E-state index contributed by atoms with van der Waals surface area (Å²) in [7, 11) is 0. The van der Waals surface area contributed by atoms with Crippen LogP contribution in [0.4, 0.5) is 0 Å². The second kappa shape index (κ2) is 8.95. The van der Waals surface area contributed by atoms with Gasteiger partial charge in [-0.1, -0.05) is 123 Å². The molecule has 0 radical (unpaired) electrons. The van der Waals surface area contributed by atoms with Crippen LogP contribution in [0.3, 0.4) is 0 Å². The van der Waals surface area contributed by atoms with Crippen molar-refractivity contribution in [3.8, 4) is 28.7 Å². The Morgan fingerprint density at radius 1 is 0.571 bits per heavy atom. The van der Waals surface area contributed by atoms with E-state index in [4.69, 9.17) is 15.0 Å². The van der Waals surface area contributed by atoms with E-state index in [1.54, 1.807) is 0 Å². The Bertz CT molecular complexity index is 2160. The van der Waals surface area contributed by atoms with Gasteiger partial charge in [0.1, 0.15) is 0 Å². The second-order valence-electron chi connectivity index (χ2n) is 11.8. The average Bonchev–Trinajstić information content (AvgIpc) is 3.47. The van der Waals surface area contributed by atoms with Crippen LogP contribution in [0.5, 0.6) is 0 Å². The normalized spacial score (nSPS) is 14.3. The van der Waals surface area contributed by atoms with Crippen molar-refractivity contribution in [2.75, 3.05) is 0 Å². The van der Waals surface area contributed by atoms with Crippen molar-refractivity contribution in [3.05, 3.63) is 126 Å². The van der Waals surface area contributed by atoms with Crippen LogP contribution >= 0.6 is 0 Å². The number of hydrogen-bond acceptors (Lipinski definition) is 3. The molecule has 1 aliphatic carbocycles. The van der Waals surface area contributed by atoms with Gasteiger partial charge in [-0.25, -0.2) is 4.98 Å². The highest BCUT2D eigenvalue weighted by Gasteiger charge is 2.39. The summed E-state index contributed by atoms with van der Waals surface area (Å²) in [6.07, 6.45) is 0. The number of nitrogens with zero attached hydrogens (tertiary/aromatic N) is 4. The zero-order valence-corrected chi connectivity index (χ0v) is 24.2. The fraction of sp³-hybridized carbons (Fsp3) is 0.132. The third-order valence-corrected chi connectivity index (χ3v) is 9.21. The van der Waals surface area contributed by atoms with Crippen molar-refractivity contribution in [2.45, 2.75) is 33.1 Å². The molecular weight excluding hydrogens is 512 g/mol. The van der Waals surface area contributed by atoms with Gasteiger partial charge in [0.05, 0.1) is 11.0 Å². The molecule has 0 amide bonds. The van der Waals surface area contributed by atoms with Crippen molar-refractivity contribution < 1.29 is 0 Å². The number of para-hydroxylation sites is 1. The lowest BCUT2D eigenvalue weighted by Crippen LogP contribution is -2.18. The molecule has 2 heterocycles. The smallest absolute Gasteiger partial charge is 0.238 e. The minimum atomic E-state index is -0.161. The number of benzene rings is 5. The predicted molar refractivity (Wildman–Crippen MR) is 174 cm³/mol. The number of hydrogen-bond donors (Lipinski definition) is 0. The standard InChI is InChI=1S/C38H30N4/c1-23-24(2)38(3,4)33-31(23)27-19-11-12-20-28(27)32-29-21-13-14-22-30(29)42(34(32)33)37-40-35(25-15-7-5-8-16-25)39-36(41-37)26-17-9-6-10-18-26/h5-22H,1-4H3. The van der Waals surface area contributed by atoms with Crippen molar-refractivity contribution in [2.24, 2.45) is 0 Å². The Hall–Kier alpha value is -5.09. The molecule has 8 rings (SSSR count). The molecule has 0 bridgehead atoms. The molecular formula is C38H30N4. The molecule has 0 aliphatic heterocycles. The van der Waals surface area contributed by atoms with Crippen LogP contribution in [0, 0.1) is 0 Å². The molecule has 0 saturated heterocycles. The van der Waals surface area contributed by atoms with E-state index in [9.17, 15) is 0 Å². The predicted octanol–water partition coefficient (Wildman–Crippen LogP) is 9.54. The fourth-order valence-electron chi connectivity index (χ4n) is 6.87. The molecule has 4 nitrogen and oxygen atoms in total. The lowest BCUT2D eigenvalue weighted by Gasteiger charge is -2.25. The van der Waals surface area contributed by atoms with E-state index in [0.29, 0.717) is 17.6 Å². The third-order valence-electron chi connectivity index (χ3n) is 9.21. The summed E-state index contributed by atoms with van der Waals surface area (Å²) in [5, 5.41) is 5.01. The average molecular weight is 543 g/mol. The summed E-state index contributed by atoms with van der Waals surface area (Å²) in [6.45, 7) is 9.27. The second-order valence-corrected chi connectivity index (χ2v) is 11.8. The molecule has 0 saturated carbocycles. The molecule has 0 N–H and O–H groups in total. The summed E-state index contributed by atoms with van der Waals surface area (Å²) < 4.78 is 2.30. The van der Waals surface area contributed by atoms with Crippen molar-refractivity contribution in [1.82, 2.24) is 19.5 Å². The highest BCUT2D eigenvalue weighted by atomic mass is 15.2. The highest BCUT2D eigenvalue weighted by Crippen LogP contribution is 2.53. The Balaban J connectivity index is 1.58. The van der Waals surface area contributed by atoms with Gasteiger partial charge in [0.15, 0.2) is 11.6 Å². The summed E-state index contributed by atoms with van der Waals surface area (Å²) in [4.78, 5) is 15.4. The quantitative estimate of drug-likeness (QED) is 0.223. The van der Waals surface area contributed by atoms with Gasteiger partial charge in [-0.2, -0.15) is 9.97 Å². The van der Waals surface area contributed by atoms with Gasteiger partial charge < -0.3 is 0 Å². The summed E-state index contributed by atoms with van der Waals surface area (Å²) in [5.74, 6) is 1.95. The summed E-state index contributed by atoms with van der Waals surface area (Å²) in [5.41, 5.74) is 9.46. The Kier molecular flexibility index (Phi) is 5.26. The Morgan fingerprint density at radius 2 is 1.10 bits per heavy atom. The van der Waals surface area contributed by atoms with Gasteiger partial charge in [0.2, 0.25) is 5.95 Å². The first-order chi connectivity index (χ1) is 20.4. The lowest BCUT2D eigenvalue weighted by atomic mass is 9.80. The number of rotatable bonds is 3. The van der Waals surface area contributed by atoms with E-state index < -0.39 is 0 Å². The summed E-state index contributed by atoms with van der Waals surface area (Å²) in [6, 6.07) is 37.9. The molecule has 2 aromatic heterocycles. The number of fused-ring (bicyclic) bond motifs is 8. The van der Waals surface area contributed by atoms with Crippen LogP contribution in [-0.2, 0) is 5.41 Å². The van der Waals surface area contributed by atoms with Crippen LogP contribution in [-0.4, -0.2) is 19.5 Å². The topological polar surface area (TPSA) is 43.6 Å². The minimum Gasteiger partial charge on any atom is -0.277 e. The zero-order chi connectivity index (χ0) is 28.6. The maximum absolute atomic E-state index is 5.19. The van der Waals surface area contributed by atoms with Crippen molar-refractivity contribution in [1.29, 1.82) is 0 Å². The van der Waals surface area contributed by atoms with Crippen LogP contribution in [0.25, 0.3) is 66.9 Å². The molecule has 42 heavy (non-hydrogen) atoms. The first-order valence-corrected chi connectivity index (χ1v) is 14.5.